The van der Waals surface area contributed by atoms with Crippen LogP contribution < -0.4 is 0 Å². The number of ketones is 1. The lowest BCUT2D eigenvalue weighted by Crippen LogP contribution is -2.18. The molecule has 0 atom stereocenters. The Balaban J connectivity index is 2.37. The Morgan fingerprint density at radius 1 is 1.00 bits per heavy atom. The molecule has 0 fully saturated rings. The summed E-state index contributed by atoms with van der Waals surface area (Å²) >= 11 is 0. The first-order valence-corrected chi connectivity index (χ1v) is 7.60. The fourth-order valence-electron chi connectivity index (χ4n) is 1.85. The van der Waals surface area contributed by atoms with Crippen molar-refractivity contribution >= 4 is 21.8 Å². The number of aromatic nitrogens is 1. The minimum atomic E-state index is -3.86. The zero-order valence-electron chi connectivity index (χ0n) is 11.0. The summed E-state index contributed by atoms with van der Waals surface area (Å²) in [7, 11) is -3.86. The van der Waals surface area contributed by atoms with Gasteiger partial charge in [-0.15, -0.1) is 0 Å². The van der Waals surface area contributed by atoms with Gasteiger partial charge in [0.1, 0.15) is 0 Å². The first kappa shape index (κ1) is 15.0. The summed E-state index contributed by atoms with van der Waals surface area (Å²) in [5, 5.41) is 8.59. The number of hydrogen-bond donors (Lipinski definition) is 1. The number of carbonyl (C=O) groups excluding carboxylic acids is 1. The van der Waals surface area contributed by atoms with Crippen molar-refractivity contribution < 1.29 is 23.1 Å². The summed E-state index contributed by atoms with van der Waals surface area (Å²) in [6.45, 7) is 0. The summed E-state index contributed by atoms with van der Waals surface area (Å²) in [6, 6.07) is 10.5. The summed E-state index contributed by atoms with van der Waals surface area (Å²) in [6.07, 6.45) is 0.690. The van der Waals surface area contributed by atoms with Crippen LogP contribution in [0.4, 0.5) is 0 Å². The van der Waals surface area contributed by atoms with E-state index in [4.69, 9.17) is 5.11 Å². The third kappa shape index (κ3) is 3.19. The van der Waals surface area contributed by atoms with Gasteiger partial charge < -0.3 is 5.11 Å². The van der Waals surface area contributed by atoms with Gasteiger partial charge in [-0.3, -0.25) is 9.59 Å². The van der Waals surface area contributed by atoms with E-state index in [1.54, 1.807) is 18.2 Å². The normalized spacial score (nSPS) is 11.2. The van der Waals surface area contributed by atoms with E-state index in [-0.39, 0.29) is 23.4 Å². The van der Waals surface area contributed by atoms with Crippen LogP contribution in [-0.2, 0) is 14.8 Å². The largest absolute Gasteiger partial charge is 0.481 e. The number of carboxylic acids is 1. The molecule has 110 valence electrons. The van der Waals surface area contributed by atoms with E-state index in [1.165, 1.54) is 30.5 Å². The van der Waals surface area contributed by atoms with Crippen LogP contribution in [-0.4, -0.2) is 29.2 Å². The van der Waals surface area contributed by atoms with Gasteiger partial charge in [0.25, 0.3) is 10.0 Å². The lowest BCUT2D eigenvalue weighted by molar-refractivity contribution is -0.136. The monoisotopic (exact) mass is 307 g/mol. The maximum atomic E-state index is 12.5. The van der Waals surface area contributed by atoms with Crippen LogP contribution in [0.5, 0.6) is 0 Å². The molecule has 7 heteroatoms. The Bertz CT molecular complexity index is 762. The molecule has 0 aliphatic carbocycles. The van der Waals surface area contributed by atoms with Crippen molar-refractivity contribution in [1.82, 2.24) is 3.97 Å². The first-order valence-electron chi connectivity index (χ1n) is 6.16. The number of carbonyl (C=O) groups is 2. The summed E-state index contributed by atoms with van der Waals surface area (Å²) < 4.78 is 25.8. The number of carboxylic acid groups (broad SMARTS) is 1. The smallest absolute Gasteiger partial charge is 0.303 e. The second kappa shape index (κ2) is 5.92. The minimum absolute atomic E-state index is 0.0416. The number of aliphatic carboxylic acids is 1. The average Bonchev–Trinajstić information content (AvgIpc) is 2.96. The second-order valence-electron chi connectivity index (χ2n) is 4.32. The third-order valence-corrected chi connectivity index (χ3v) is 4.57. The Kier molecular flexibility index (Phi) is 4.23. The predicted octanol–water partition coefficient (Wildman–Crippen LogP) is 1.77. The minimum Gasteiger partial charge on any atom is -0.481 e. The first-order chi connectivity index (χ1) is 9.93. The van der Waals surface area contributed by atoms with Gasteiger partial charge in [0.05, 0.1) is 17.0 Å². The Morgan fingerprint density at radius 3 is 2.29 bits per heavy atom. The maximum absolute atomic E-state index is 12.5. The van der Waals surface area contributed by atoms with E-state index in [0.29, 0.717) is 0 Å². The van der Waals surface area contributed by atoms with Crippen molar-refractivity contribution in [3.63, 3.8) is 0 Å². The molecule has 0 radical (unpaired) electrons. The van der Waals surface area contributed by atoms with Crippen molar-refractivity contribution in [1.29, 1.82) is 0 Å². The van der Waals surface area contributed by atoms with Gasteiger partial charge in [-0.1, -0.05) is 18.2 Å². The molecule has 0 saturated carbocycles. The van der Waals surface area contributed by atoms with Crippen LogP contribution in [0.3, 0.4) is 0 Å². The fraction of sp³-hybridized carbons (Fsp3) is 0.143. The summed E-state index contributed by atoms with van der Waals surface area (Å²) in [4.78, 5) is 22.5. The summed E-state index contributed by atoms with van der Waals surface area (Å²) in [5.41, 5.74) is -0.0416. The van der Waals surface area contributed by atoms with Crippen LogP contribution in [0.15, 0.2) is 53.6 Å². The molecule has 0 bridgehead atoms. The van der Waals surface area contributed by atoms with Crippen molar-refractivity contribution in [2.75, 3.05) is 0 Å². The number of benzene rings is 1. The molecule has 2 rings (SSSR count). The second-order valence-corrected chi connectivity index (χ2v) is 6.14. The van der Waals surface area contributed by atoms with Gasteiger partial charge >= 0.3 is 5.97 Å². The van der Waals surface area contributed by atoms with E-state index in [2.05, 4.69) is 0 Å². The molecule has 2 aromatic rings. The van der Waals surface area contributed by atoms with Crippen molar-refractivity contribution in [2.24, 2.45) is 0 Å². The highest BCUT2D eigenvalue weighted by Crippen LogP contribution is 2.17. The standard InChI is InChI=1S/C14H13NO5S/c16-13(8-9-14(17)18)12-7-4-10-15(12)21(19,20)11-5-2-1-3-6-11/h1-7,10H,8-9H2,(H,17,18). The molecule has 21 heavy (non-hydrogen) atoms. The Labute approximate surface area is 121 Å². The molecule has 1 aromatic heterocycles. The molecule has 1 N–H and O–H groups in total. The van der Waals surface area contributed by atoms with Gasteiger partial charge in [-0.2, -0.15) is 0 Å². The predicted molar refractivity (Wildman–Crippen MR) is 74.7 cm³/mol. The van der Waals surface area contributed by atoms with Crippen molar-refractivity contribution in [3.8, 4) is 0 Å². The molecule has 0 unspecified atom stereocenters. The van der Waals surface area contributed by atoms with Crippen LogP contribution in [0.25, 0.3) is 0 Å². The highest BCUT2D eigenvalue weighted by molar-refractivity contribution is 7.90. The van der Waals surface area contributed by atoms with Gasteiger partial charge in [-0.25, -0.2) is 12.4 Å². The van der Waals surface area contributed by atoms with Gasteiger partial charge in [0, 0.05) is 12.6 Å². The molecular weight excluding hydrogens is 294 g/mol. The topological polar surface area (TPSA) is 93.4 Å². The molecule has 0 saturated heterocycles. The highest BCUT2D eigenvalue weighted by atomic mass is 32.2. The van der Waals surface area contributed by atoms with E-state index in [1.807, 2.05) is 0 Å². The SMILES string of the molecule is O=C(O)CCC(=O)c1cccn1S(=O)(=O)c1ccccc1. The maximum Gasteiger partial charge on any atom is 0.303 e. The number of Topliss-reactive ketones (excluding diaryl/α,β-unsaturated/α-hetero) is 1. The quantitative estimate of drug-likeness (QED) is 0.821. The summed E-state index contributed by atoms with van der Waals surface area (Å²) in [5.74, 6) is -1.63. The van der Waals surface area contributed by atoms with E-state index >= 15 is 0 Å². The van der Waals surface area contributed by atoms with Crippen molar-refractivity contribution in [2.45, 2.75) is 17.7 Å². The lowest BCUT2D eigenvalue weighted by Gasteiger charge is -2.09. The van der Waals surface area contributed by atoms with Crippen LogP contribution in [0, 0.1) is 0 Å². The molecule has 6 nitrogen and oxygen atoms in total. The Hall–Kier alpha value is -2.41. The fourth-order valence-corrected chi connectivity index (χ4v) is 3.23. The average molecular weight is 307 g/mol. The number of hydrogen-bond acceptors (Lipinski definition) is 4. The molecule has 0 aliphatic rings. The zero-order chi connectivity index (χ0) is 15.5. The zero-order valence-corrected chi connectivity index (χ0v) is 11.8. The van der Waals surface area contributed by atoms with E-state index < -0.39 is 21.8 Å². The number of rotatable bonds is 6. The number of nitrogens with zero attached hydrogens (tertiary/aromatic N) is 1. The van der Waals surface area contributed by atoms with E-state index in [9.17, 15) is 18.0 Å². The Morgan fingerprint density at radius 2 is 1.67 bits per heavy atom. The lowest BCUT2D eigenvalue weighted by atomic mass is 10.2. The molecule has 0 amide bonds. The molecule has 1 heterocycles. The van der Waals surface area contributed by atoms with Crippen LogP contribution in [0.2, 0.25) is 0 Å². The molecular formula is C14H13NO5S. The van der Waals surface area contributed by atoms with Gasteiger partial charge in [0.2, 0.25) is 0 Å². The molecule has 0 aliphatic heterocycles. The van der Waals surface area contributed by atoms with Crippen molar-refractivity contribution in [3.05, 3.63) is 54.4 Å². The highest BCUT2D eigenvalue weighted by Gasteiger charge is 2.22. The molecule has 0 spiro atoms. The third-order valence-electron chi connectivity index (χ3n) is 2.86. The van der Waals surface area contributed by atoms with Gasteiger partial charge in [-0.05, 0) is 24.3 Å². The van der Waals surface area contributed by atoms with Gasteiger partial charge in [0.15, 0.2) is 5.78 Å². The van der Waals surface area contributed by atoms with Crippen LogP contribution in [0.1, 0.15) is 23.3 Å². The van der Waals surface area contributed by atoms with Crippen LogP contribution >= 0.6 is 0 Å². The van der Waals surface area contributed by atoms with E-state index in [0.717, 1.165) is 3.97 Å². The molecule has 1 aromatic carbocycles.